The van der Waals surface area contributed by atoms with E-state index in [1.807, 2.05) is 0 Å². The highest BCUT2D eigenvalue weighted by Gasteiger charge is 2.24. The van der Waals surface area contributed by atoms with Crippen molar-refractivity contribution < 1.29 is 13.9 Å². The molecule has 1 saturated heterocycles. The second-order valence-corrected chi connectivity index (χ2v) is 3.87. The number of carbonyl (C=O) groups excluding carboxylic acids is 1. The molecule has 1 aromatic rings. The average Bonchev–Trinajstić information content (AvgIpc) is 2.22. The van der Waals surface area contributed by atoms with E-state index < -0.39 is 11.9 Å². The molecule has 15 heavy (non-hydrogen) atoms. The van der Waals surface area contributed by atoms with Crippen LogP contribution in [-0.4, -0.2) is 12.4 Å². The monoisotopic (exact) mass is 228 g/mol. The first kappa shape index (κ1) is 10.6. The molecule has 2 nitrogen and oxygen atoms in total. The SMILES string of the molecule is O=C1CCOC(c2cccc(F)c2Cl)C1. The van der Waals surface area contributed by atoms with Gasteiger partial charge in [-0.25, -0.2) is 4.39 Å². The normalized spacial score (nSPS) is 21.7. The highest BCUT2D eigenvalue weighted by Crippen LogP contribution is 2.32. The van der Waals surface area contributed by atoms with Crippen LogP contribution in [0, 0.1) is 5.82 Å². The Morgan fingerprint density at radius 2 is 2.27 bits per heavy atom. The molecule has 0 radical (unpaired) electrons. The van der Waals surface area contributed by atoms with E-state index in [0.717, 1.165) is 0 Å². The molecule has 1 aliphatic rings. The molecule has 2 rings (SSSR count). The molecule has 0 amide bonds. The number of benzene rings is 1. The van der Waals surface area contributed by atoms with Crippen LogP contribution in [0.1, 0.15) is 24.5 Å². The van der Waals surface area contributed by atoms with Gasteiger partial charge < -0.3 is 4.74 Å². The lowest BCUT2D eigenvalue weighted by Crippen LogP contribution is -2.19. The number of ketones is 1. The van der Waals surface area contributed by atoms with Crippen LogP contribution in [0.3, 0.4) is 0 Å². The Hall–Kier alpha value is -0.930. The smallest absolute Gasteiger partial charge is 0.142 e. The van der Waals surface area contributed by atoms with Crippen LogP contribution >= 0.6 is 11.6 Å². The van der Waals surface area contributed by atoms with E-state index in [0.29, 0.717) is 18.6 Å². The molecule has 0 aliphatic carbocycles. The molecule has 1 atom stereocenters. The predicted octanol–water partition coefficient (Wildman–Crippen LogP) is 2.90. The van der Waals surface area contributed by atoms with Gasteiger partial charge in [-0.15, -0.1) is 0 Å². The second-order valence-electron chi connectivity index (χ2n) is 3.50. The zero-order valence-corrected chi connectivity index (χ0v) is 8.76. The Kier molecular flexibility index (Phi) is 3.03. The molecular weight excluding hydrogens is 219 g/mol. The Balaban J connectivity index is 2.28. The van der Waals surface area contributed by atoms with Gasteiger partial charge >= 0.3 is 0 Å². The summed E-state index contributed by atoms with van der Waals surface area (Å²) in [6.07, 6.45) is 0.321. The maximum Gasteiger partial charge on any atom is 0.142 e. The average molecular weight is 229 g/mol. The number of hydrogen-bond acceptors (Lipinski definition) is 2. The summed E-state index contributed by atoms with van der Waals surface area (Å²) in [4.78, 5) is 11.2. The maximum absolute atomic E-state index is 13.2. The van der Waals surface area contributed by atoms with Gasteiger partial charge in [-0.3, -0.25) is 4.79 Å². The Bertz CT molecular complexity index is 392. The Morgan fingerprint density at radius 3 is 3.00 bits per heavy atom. The van der Waals surface area contributed by atoms with Crippen molar-refractivity contribution in [2.75, 3.05) is 6.61 Å². The van der Waals surface area contributed by atoms with Gasteiger partial charge in [0.2, 0.25) is 0 Å². The summed E-state index contributed by atoms with van der Waals surface area (Å²) >= 11 is 5.81. The molecule has 1 aromatic carbocycles. The van der Waals surface area contributed by atoms with Crippen LogP contribution in [0.5, 0.6) is 0 Å². The van der Waals surface area contributed by atoms with Crippen LogP contribution in [-0.2, 0) is 9.53 Å². The Labute approximate surface area is 92.0 Å². The molecule has 1 aliphatic heterocycles. The van der Waals surface area contributed by atoms with Crippen molar-refractivity contribution in [3.8, 4) is 0 Å². The molecule has 0 N–H and O–H groups in total. The van der Waals surface area contributed by atoms with Crippen molar-refractivity contribution in [3.63, 3.8) is 0 Å². The van der Waals surface area contributed by atoms with Gasteiger partial charge in [0.25, 0.3) is 0 Å². The van der Waals surface area contributed by atoms with Crippen molar-refractivity contribution in [2.45, 2.75) is 18.9 Å². The summed E-state index contributed by atoms with van der Waals surface area (Å²) in [5, 5.41) is 0.0530. The maximum atomic E-state index is 13.2. The fourth-order valence-corrected chi connectivity index (χ4v) is 1.90. The van der Waals surface area contributed by atoms with Crippen molar-refractivity contribution in [1.82, 2.24) is 0 Å². The van der Waals surface area contributed by atoms with Gasteiger partial charge in [-0.05, 0) is 6.07 Å². The number of ether oxygens (including phenoxy) is 1. The van der Waals surface area contributed by atoms with Gasteiger partial charge in [0.05, 0.1) is 17.7 Å². The predicted molar refractivity (Wildman–Crippen MR) is 54.3 cm³/mol. The van der Waals surface area contributed by atoms with Crippen LogP contribution < -0.4 is 0 Å². The summed E-state index contributed by atoms with van der Waals surface area (Å²) in [6, 6.07) is 4.55. The molecule has 0 aromatic heterocycles. The zero-order chi connectivity index (χ0) is 10.8. The largest absolute Gasteiger partial charge is 0.373 e. The minimum absolute atomic E-state index is 0.0530. The van der Waals surface area contributed by atoms with Crippen molar-refractivity contribution in [1.29, 1.82) is 0 Å². The van der Waals surface area contributed by atoms with E-state index in [2.05, 4.69) is 0 Å². The molecule has 80 valence electrons. The van der Waals surface area contributed by atoms with Gasteiger partial charge in [0, 0.05) is 18.4 Å². The summed E-state index contributed by atoms with van der Waals surface area (Å²) in [5.41, 5.74) is 0.560. The molecule has 1 heterocycles. The third-order valence-electron chi connectivity index (χ3n) is 2.44. The summed E-state index contributed by atoms with van der Waals surface area (Å²) in [7, 11) is 0. The number of hydrogen-bond donors (Lipinski definition) is 0. The lowest BCUT2D eigenvalue weighted by Gasteiger charge is -2.22. The van der Waals surface area contributed by atoms with E-state index in [1.54, 1.807) is 12.1 Å². The molecular formula is C11H10ClFO2. The third-order valence-corrected chi connectivity index (χ3v) is 2.84. The molecule has 0 saturated carbocycles. The molecule has 1 unspecified atom stereocenters. The fraction of sp³-hybridized carbons (Fsp3) is 0.364. The number of Topliss-reactive ketones (excluding diaryl/α,β-unsaturated/α-hetero) is 1. The summed E-state index contributed by atoms with van der Waals surface area (Å²) < 4.78 is 18.6. The highest BCUT2D eigenvalue weighted by molar-refractivity contribution is 6.31. The molecule has 0 spiro atoms. The van der Waals surface area contributed by atoms with Gasteiger partial charge in [0.1, 0.15) is 11.6 Å². The van der Waals surface area contributed by atoms with Crippen molar-refractivity contribution in [3.05, 3.63) is 34.6 Å². The molecule has 0 bridgehead atoms. The van der Waals surface area contributed by atoms with E-state index in [1.165, 1.54) is 6.07 Å². The van der Waals surface area contributed by atoms with Gasteiger partial charge in [0.15, 0.2) is 0 Å². The highest BCUT2D eigenvalue weighted by atomic mass is 35.5. The van der Waals surface area contributed by atoms with Gasteiger partial charge in [-0.2, -0.15) is 0 Å². The summed E-state index contributed by atoms with van der Waals surface area (Å²) in [5.74, 6) is -0.345. The van der Waals surface area contributed by atoms with Crippen LogP contribution in [0.4, 0.5) is 4.39 Å². The van der Waals surface area contributed by atoms with E-state index >= 15 is 0 Å². The lowest BCUT2D eigenvalue weighted by atomic mass is 10.0. The minimum atomic E-state index is -0.476. The quantitative estimate of drug-likeness (QED) is 0.739. The zero-order valence-electron chi connectivity index (χ0n) is 8.00. The lowest BCUT2D eigenvalue weighted by molar-refractivity contribution is -0.128. The number of rotatable bonds is 1. The first-order chi connectivity index (χ1) is 7.18. The van der Waals surface area contributed by atoms with E-state index in [9.17, 15) is 9.18 Å². The van der Waals surface area contributed by atoms with Crippen LogP contribution in [0.15, 0.2) is 18.2 Å². The summed E-state index contributed by atoms with van der Waals surface area (Å²) in [6.45, 7) is 0.385. The molecule has 1 fully saturated rings. The number of halogens is 2. The first-order valence-corrected chi connectivity index (χ1v) is 5.13. The van der Waals surface area contributed by atoms with Gasteiger partial charge in [-0.1, -0.05) is 23.7 Å². The minimum Gasteiger partial charge on any atom is -0.373 e. The standard InChI is InChI=1S/C11H10ClFO2/c12-11-8(2-1-3-9(11)13)10-6-7(14)4-5-15-10/h1-3,10H,4-6H2. The van der Waals surface area contributed by atoms with Crippen LogP contribution in [0.25, 0.3) is 0 Å². The third kappa shape index (κ3) is 2.19. The van der Waals surface area contributed by atoms with Crippen molar-refractivity contribution in [2.24, 2.45) is 0 Å². The van der Waals surface area contributed by atoms with Crippen molar-refractivity contribution >= 4 is 17.4 Å². The van der Waals surface area contributed by atoms with E-state index in [-0.39, 0.29) is 17.2 Å². The topological polar surface area (TPSA) is 26.3 Å². The number of carbonyl (C=O) groups is 1. The molecule has 4 heteroatoms. The van der Waals surface area contributed by atoms with Crippen LogP contribution in [0.2, 0.25) is 5.02 Å². The first-order valence-electron chi connectivity index (χ1n) is 4.75. The second kappa shape index (κ2) is 4.29. The Morgan fingerprint density at radius 1 is 1.47 bits per heavy atom. The van der Waals surface area contributed by atoms with E-state index in [4.69, 9.17) is 16.3 Å². The fourth-order valence-electron chi connectivity index (χ4n) is 1.65.